The molecule has 5 nitrogen and oxygen atoms in total. The lowest BCUT2D eigenvalue weighted by Crippen LogP contribution is -2.42. The standard InChI is InChI=1S/C18H25N3O2S.HI/c1-13(23-16-9-6-5-8-15(16)22-4)12-20-18(19-3)21-14(2)17-10-7-11-24-17;/h5-11,13-14H,12H2,1-4H3,(H2,19,20,21);1H. The highest BCUT2D eigenvalue weighted by Crippen LogP contribution is 2.26. The summed E-state index contributed by atoms with van der Waals surface area (Å²) in [7, 11) is 3.41. The Kier molecular flexibility index (Phi) is 9.66. The number of guanidine groups is 1. The van der Waals surface area contributed by atoms with E-state index in [-0.39, 0.29) is 36.1 Å². The number of methoxy groups -OCH3 is 1. The quantitative estimate of drug-likeness (QED) is 0.360. The number of hydrogen-bond acceptors (Lipinski definition) is 4. The summed E-state index contributed by atoms with van der Waals surface area (Å²) >= 11 is 1.73. The van der Waals surface area contributed by atoms with Crippen LogP contribution in [-0.4, -0.2) is 32.8 Å². The number of nitrogens with zero attached hydrogens (tertiary/aromatic N) is 1. The Hall–Kier alpha value is -1.48. The third-order valence-electron chi connectivity index (χ3n) is 3.50. The van der Waals surface area contributed by atoms with E-state index in [9.17, 15) is 0 Å². The van der Waals surface area contributed by atoms with E-state index in [0.29, 0.717) is 6.54 Å². The second-order valence-corrected chi connectivity index (χ2v) is 6.39. The molecule has 0 spiro atoms. The van der Waals surface area contributed by atoms with Crippen molar-refractivity contribution in [2.24, 2.45) is 4.99 Å². The summed E-state index contributed by atoms with van der Waals surface area (Å²) in [6, 6.07) is 12.0. The van der Waals surface area contributed by atoms with Crippen LogP contribution in [0.15, 0.2) is 46.8 Å². The molecular formula is C18H26IN3O2S. The SMILES string of the molecule is CN=C(NCC(C)Oc1ccccc1OC)NC(C)c1cccs1.I. The highest BCUT2D eigenvalue weighted by molar-refractivity contribution is 14.0. The van der Waals surface area contributed by atoms with Gasteiger partial charge in [0.05, 0.1) is 19.7 Å². The van der Waals surface area contributed by atoms with Crippen molar-refractivity contribution < 1.29 is 9.47 Å². The molecule has 2 aromatic rings. The molecule has 0 saturated carbocycles. The van der Waals surface area contributed by atoms with Gasteiger partial charge < -0.3 is 20.1 Å². The first kappa shape index (κ1) is 21.6. The summed E-state index contributed by atoms with van der Waals surface area (Å²) in [5, 5.41) is 8.75. The predicted molar refractivity (Wildman–Crippen MR) is 116 cm³/mol. The third kappa shape index (κ3) is 6.74. The molecule has 2 rings (SSSR count). The van der Waals surface area contributed by atoms with Crippen molar-refractivity contribution in [3.63, 3.8) is 0 Å². The molecule has 0 aliphatic carbocycles. The molecule has 0 saturated heterocycles. The average Bonchev–Trinajstić information content (AvgIpc) is 3.13. The topological polar surface area (TPSA) is 54.9 Å². The normalized spacial score (nSPS) is 13.4. The minimum atomic E-state index is -0.0307. The highest BCUT2D eigenvalue weighted by atomic mass is 127. The van der Waals surface area contributed by atoms with Crippen LogP contribution in [0.4, 0.5) is 0 Å². The van der Waals surface area contributed by atoms with Gasteiger partial charge in [0.1, 0.15) is 6.10 Å². The van der Waals surface area contributed by atoms with E-state index in [4.69, 9.17) is 9.47 Å². The first-order valence-corrected chi connectivity index (χ1v) is 8.82. The molecular weight excluding hydrogens is 449 g/mol. The number of hydrogen-bond donors (Lipinski definition) is 2. The van der Waals surface area contributed by atoms with Gasteiger partial charge in [-0.1, -0.05) is 18.2 Å². The number of aliphatic imine (C=N–C) groups is 1. The Balaban J connectivity index is 0.00000312. The molecule has 2 unspecified atom stereocenters. The van der Waals surface area contributed by atoms with Crippen molar-refractivity contribution in [3.8, 4) is 11.5 Å². The summed E-state index contributed by atoms with van der Waals surface area (Å²) in [6.07, 6.45) is -0.0307. The van der Waals surface area contributed by atoms with Crippen LogP contribution >= 0.6 is 35.3 Å². The number of rotatable bonds is 7. The Bertz CT molecular complexity index is 650. The van der Waals surface area contributed by atoms with E-state index in [2.05, 4.69) is 40.1 Å². The molecule has 0 bridgehead atoms. The van der Waals surface area contributed by atoms with E-state index in [1.165, 1.54) is 4.88 Å². The van der Waals surface area contributed by atoms with Gasteiger partial charge in [-0.3, -0.25) is 4.99 Å². The first-order valence-electron chi connectivity index (χ1n) is 7.94. The second-order valence-electron chi connectivity index (χ2n) is 5.41. The molecule has 7 heteroatoms. The summed E-state index contributed by atoms with van der Waals surface area (Å²) in [5.41, 5.74) is 0. The fraction of sp³-hybridized carbons (Fsp3) is 0.389. The largest absolute Gasteiger partial charge is 0.493 e. The summed E-state index contributed by atoms with van der Waals surface area (Å²) in [4.78, 5) is 5.54. The monoisotopic (exact) mass is 475 g/mol. The van der Waals surface area contributed by atoms with Crippen molar-refractivity contribution in [2.75, 3.05) is 20.7 Å². The minimum Gasteiger partial charge on any atom is -0.493 e. The maximum Gasteiger partial charge on any atom is 0.191 e. The predicted octanol–water partition coefficient (Wildman–Crippen LogP) is 4.07. The van der Waals surface area contributed by atoms with Gasteiger partial charge in [0.25, 0.3) is 0 Å². The Morgan fingerprint density at radius 3 is 2.48 bits per heavy atom. The van der Waals surface area contributed by atoms with Crippen LogP contribution in [0.3, 0.4) is 0 Å². The number of thiophene rings is 1. The Labute approximate surface area is 170 Å². The summed E-state index contributed by atoms with van der Waals surface area (Å²) in [6.45, 7) is 4.76. The van der Waals surface area contributed by atoms with E-state index >= 15 is 0 Å². The van der Waals surface area contributed by atoms with Crippen LogP contribution in [0.5, 0.6) is 11.5 Å². The van der Waals surface area contributed by atoms with Crippen molar-refractivity contribution in [1.82, 2.24) is 10.6 Å². The van der Waals surface area contributed by atoms with Crippen molar-refractivity contribution >= 4 is 41.3 Å². The fourth-order valence-corrected chi connectivity index (χ4v) is 2.96. The molecule has 138 valence electrons. The molecule has 0 aliphatic heterocycles. The number of nitrogens with one attached hydrogen (secondary N) is 2. The zero-order valence-corrected chi connectivity index (χ0v) is 18.1. The van der Waals surface area contributed by atoms with Crippen molar-refractivity contribution in [2.45, 2.75) is 26.0 Å². The van der Waals surface area contributed by atoms with Crippen LogP contribution in [-0.2, 0) is 0 Å². The Morgan fingerprint density at radius 1 is 1.16 bits per heavy atom. The minimum absolute atomic E-state index is 0. The van der Waals surface area contributed by atoms with Gasteiger partial charge in [-0.15, -0.1) is 35.3 Å². The number of para-hydroxylation sites is 2. The zero-order valence-electron chi connectivity index (χ0n) is 15.0. The molecule has 25 heavy (non-hydrogen) atoms. The third-order valence-corrected chi connectivity index (χ3v) is 4.56. The van der Waals surface area contributed by atoms with Crippen molar-refractivity contribution in [1.29, 1.82) is 0 Å². The van der Waals surface area contributed by atoms with Gasteiger partial charge in [-0.2, -0.15) is 0 Å². The van der Waals surface area contributed by atoms with Crippen LogP contribution in [0.25, 0.3) is 0 Å². The van der Waals surface area contributed by atoms with E-state index < -0.39 is 0 Å². The highest BCUT2D eigenvalue weighted by Gasteiger charge is 2.11. The molecule has 1 aromatic heterocycles. The van der Waals surface area contributed by atoms with Gasteiger partial charge in [-0.25, -0.2) is 0 Å². The average molecular weight is 475 g/mol. The number of ether oxygens (including phenoxy) is 2. The van der Waals surface area contributed by atoms with Crippen LogP contribution < -0.4 is 20.1 Å². The molecule has 0 aliphatic rings. The molecule has 1 aromatic carbocycles. The van der Waals surface area contributed by atoms with Gasteiger partial charge in [0.15, 0.2) is 17.5 Å². The van der Waals surface area contributed by atoms with E-state index in [1.54, 1.807) is 25.5 Å². The first-order chi connectivity index (χ1) is 11.6. The van der Waals surface area contributed by atoms with Gasteiger partial charge in [-0.05, 0) is 37.4 Å². The molecule has 2 atom stereocenters. The Morgan fingerprint density at radius 2 is 1.88 bits per heavy atom. The number of halogens is 1. The lowest BCUT2D eigenvalue weighted by molar-refractivity contribution is 0.213. The molecule has 0 fully saturated rings. The molecule has 0 amide bonds. The van der Waals surface area contributed by atoms with E-state index in [1.807, 2.05) is 31.2 Å². The fourth-order valence-electron chi connectivity index (χ4n) is 2.22. The lowest BCUT2D eigenvalue weighted by Gasteiger charge is -2.20. The number of benzene rings is 1. The lowest BCUT2D eigenvalue weighted by atomic mass is 10.3. The maximum atomic E-state index is 5.94. The van der Waals surface area contributed by atoms with Crippen LogP contribution in [0.2, 0.25) is 0 Å². The van der Waals surface area contributed by atoms with Gasteiger partial charge in [0.2, 0.25) is 0 Å². The maximum absolute atomic E-state index is 5.94. The van der Waals surface area contributed by atoms with Gasteiger partial charge in [0, 0.05) is 11.9 Å². The van der Waals surface area contributed by atoms with Crippen molar-refractivity contribution in [3.05, 3.63) is 46.7 Å². The second kappa shape index (κ2) is 11.2. The molecule has 2 N–H and O–H groups in total. The summed E-state index contributed by atoms with van der Waals surface area (Å²) < 4.78 is 11.2. The zero-order chi connectivity index (χ0) is 17.4. The van der Waals surface area contributed by atoms with Crippen LogP contribution in [0, 0.1) is 0 Å². The summed E-state index contributed by atoms with van der Waals surface area (Å²) in [5.74, 6) is 2.23. The van der Waals surface area contributed by atoms with E-state index in [0.717, 1.165) is 17.5 Å². The van der Waals surface area contributed by atoms with Gasteiger partial charge >= 0.3 is 0 Å². The molecule has 1 heterocycles. The molecule has 0 radical (unpaired) electrons. The smallest absolute Gasteiger partial charge is 0.191 e. The van der Waals surface area contributed by atoms with Crippen LogP contribution in [0.1, 0.15) is 24.8 Å².